The summed E-state index contributed by atoms with van der Waals surface area (Å²) in [5.41, 5.74) is 1.54. The Morgan fingerprint density at radius 1 is 1.03 bits per heavy atom. The highest BCUT2D eigenvalue weighted by Crippen LogP contribution is 2.46. The molecule has 7 heteroatoms. The van der Waals surface area contributed by atoms with Gasteiger partial charge in [-0.25, -0.2) is 4.39 Å². The molecule has 1 aliphatic heterocycles. The van der Waals surface area contributed by atoms with Crippen molar-refractivity contribution < 1.29 is 28.6 Å². The summed E-state index contributed by atoms with van der Waals surface area (Å²) in [6, 6.07) is 11.9. The van der Waals surface area contributed by atoms with E-state index in [1.54, 1.807) is 13.0 Å². The smallest absolute Gasteiger partial charge is 0.310 e. The minimum atomic E-state index is -1.01. The Balaban J connectivity index is 1.84. The van der Waals surface area contributed by atoms with Crippen LogP contribution in [0, 0.1) is 5.82 Å². The molecule has 0 aliphatic carbocycles. The molecule has 0 bridgehead atoms. The van der Waals surface area contributed by atoms with Crippen LogP contribution < -0.4 is 14.4 Å². The molecule has 1 amide bonds. The third kappa shape index (κ3) is 4.43. The summed E-state index contributed by atoms with van der Waals surface area (Å²) in [6.07, 6.45) is 1.91. The van der Waals surface area contributed by atoms with Gasteiger partial charge in [-0.05, 0) is 37.0 Å². The minimum absolute atomic E-state index is 0.0992. The average molecular weight is 480 g/mol. The summed E-state index contributed by atoms with van der Waals surface area (Å²) in [5.74, 6) is -1.71. The fourth-order valence-corrected chi connectivity index (χ4v) is 4.60. The van der Waals surface area contributed by atoms with Gasteiger partial charge in [0.1, 0.15) is 17.3 Å². The van der Waals surface area contributed by atoms with Gasteiger partial charge in [-0.2, -0.15) is 0 Å². The Morgan fingerprint density at radius 3 is 2.23 bits per heavy atom. The van der Waals surface area contributed by atoms with Crippen LogP contribution in [0.1, 0.15) is 67.4 Å². The Kier molecular flexibility index (Phi) is 7.24. The molecule has 0 fully saturated rings. The summed E-state index contributed by atoms with van der Waals surface area (Å²) >= 11 is 0. The van der Waals surface area contributed by atoms with Gasteiger partial charge in [0.2, 0.25) is 0 Å². The first-order valence-corrected chi connectivity index (χ1v) is 12.1. The van der Waals surface area contributed by atoms with Crippen LogP contribution in [0.15, 0.2) is 42.5 Å². The van der Waals surface area contributed by atoms with Gasteiger partial charge in [0.25, 0.3) is 5.91 Å². The molecule has 1 aliphatic rings. The zero-order valence-corrected chi connectivity index (χ0v) is 20.3. The Bertz CT molecular complexity index is 1270. The van der Waals surface area contributed by atoms with Crippen LogP contribution in [0.3, 0.4) is 0 Å². The number of hydrogen-bond donors (Lipinski definition) is 1. The number of carbonyl (C=O) groups is 2. The molecule has 3 aromatic carbocycles. The van der Waals surface area contributed by atoms with Gasteiger partial charge < -0.3 is 19.5 Å². The quantitative estimate of drug-likeness (QED) is 0.370. The maximum atomic E-state index is 15.3. The molecular weight excluding hydrogens is 449 g/mol. The first-order valence-electron chi connectivity index (χ1n) is 12.1. The van der Waals surface area contributed by atoms with E-state index in [4.69, 9.17) is 9.47 Å². The van der Waals surface area contributed by atoms with Crippen LogP contribution in [0.5, 0.6) is 11.5 Å². The molecule has 1 atom stereocenters. The molecule has 1 N–H and O–H groups in total. The number of fused-ring (bicyclic) bond motifs is 2. The number of halogens is 1. The van der Waals surface area contributed by atoms with Gasteiger partial charge in [0, 0.05) is 16.3 Å². The van der Waals surface area contributed by atoms with Crippen LogP contribution in [-0.4, -0.2) is 30.2 Å². The summed E-state index contributed by atoms with van der Waals surface area (Å²) in [6.45, 7) is 6.80. The van der Waals surface area contributed by atoms with E-state index in [0.29, 0.717) is 47.8 Å². The molecule has 0 spiro atoms. The number of anilines is 1. The lowest BCUT2D eigenvalue weighted by Crippen LogP contribution is -2.24. The van der Waals surface area contributed by atoms with Gasteiger partial charge in [0.15, 0.2) is 0 Å². The molecule has 6 nitrogen and oxygen atoms in total. The standard InChI is InChI=1S/C28H30FNO5/c1-4-13-34-25-19-9-7-8-10-20(19)26(35-14-5-2)24-21(25)16-30(27(24)31)23-12-11-17(15-22(23)29)18(6-3)28(32)33/h7-12,15,18H,4-6,13-14,16H2,1-3H3,(H,32,33). The largest absolute Gasteiger partial charge is 0.493 e. The molecule has 4 rings (SSSR count). The first-order chi connectivity index (χ1) is 16.9. The number of hydrogen-bond acceptors (Lipinski definition) is 4. The number of carboxylic acids is 1. The topological polar surface area (TPSA) is 76.1 Å². The molecule has 0 saturated heterocycles. The van der Waals surface area contributed by atoms with Crippen LogP contribution in [0.2, 0.25) is 0 Å². The van der Waals surface area contributed by atoms with Crippen molar-refractivity contribution in [1.29, 1.82) is 0 Å². The van der Waals surface area contributed by atoms with Crippen molar-refractivity contribution in [3.05, 3.63) is 65.0 Å². The SMILES string of the molecule is CCCOc1c2c(c(OCCC)c3ccccc13)C(=O)N(c1ccc(C(CC)C(=O)O)cc1F)C2. The fourth-order valence-electron chi connectivity index (χ4n) is 4.60. The van der Waals surface area contributed by atoms with E-state index >= 15 is 4.39 Å². The third-order valence-electron chi connectivity index (χ3n) is 6.27. The second kappa shape index (κ2) is 10.3. The normalized spacial score (nSPS) is 13.7. The van der Waals surface area contributed by atoms with Crippen molar-refractivity contribution >= 4 is 28.3 Å². The zero-order valence-electron chi connectivity index (χ0n) is 20.3. The molecule has 0 radical (unpaired) electrons. The highest BCUT2D eigenvalue weighted by molar-refractivity contribution is 6.17. The monoisotopic (exact) mass is 479 g/mol. The van der Waals surface area contributed by atoms with Gasteiger partial charge in [0.05, 0.1) is 36.9 Å². The number of rotatable bonds is 10. The highest BCUT2D eigenvalue weighted by Gasteiger charge is 2.38. The second-order valence-corrected chi connectivity index (χ2v) is 8.66. The predicted molar refractivity (Wildman–Crippen MR) is 133 cm³/mol. The van der Waals surface area contributed by atoms with Crippen LogP contribution >= 0.6 is 0 Å². The van der Waals surface area contributed by atoms with E-state index in [1.165, 1.54) is 17.0 Å². The van der Waals surface area contributed by atoms with E-state index in [1.807, 2.05) is 38.1 Å². The molecule has 1 heterocycles. The predicted octanol–water partition coefficient (Wildman–Crippen LogP) is 6.30. The number of benzene rings is 3. The summed E-state index contributed by atoms with van der Waals surface area (Å²) < 4.78 is 27.5. The van der Waals surface area contributed by atoms with E-state index in [-0.39, 0.29) is 18.1 Å². The third-order valence-corrected chi connectivity index (χ3v) is 6.27. The fraction of sp³-hybridized carbons (Fsp3) is 0.357. The Morgan fingerprint density at radius 2 is 1.66 bits per heavy atom. The lowest BCUT2D eigenvalue weighted by Gasteiger charge is -2.19. The number of carbonyl (C=O) groups excluding carboxylic acids is 1. The zero-order chi connectivity index (χ0) is 25.1. The maximum absolute atomic E-state index is 15.3. The lowest BCUT2D eigenvalue weighted by molar-refractivity contribution is -0.138. The van der Waals surface area contributed by atoms with Crippen LogP contribution in [0.25, 0.3) is 10.8 Å². The minimum Gasteiger partial charge on any atom is -0.493 e. The van der Waals surface area contributed by atoms with Gasteiger partial charge >= 0.3 is 5.97 Å². The number of carboxylic acid groups (broad SMARTS) is 1. The van der Waals surface area contributed by atoms with Crippen LogP contribution in [0.4, 0.5) is 10.1 Å². The van der Waals surface area contributed by atoms with Crippen molar-refractivity contribution in [2.24, 2.45) is 0 Å². The van der Waals surface area contributed by atoms with Gasteiger partial charge in [-0.1, -0.05) is 51.1 Å². The molecule has 3 aromatic rings. The van der Waals surface area contributed by atoms with Crippen LogP contribution in [-0.2, 0) is 11.3 Å². The Labute approximate surface area is 204 Å². The van der Waals surface area contributed by atoms with Crippen molar-refractivity contribution in [2.75, 3.05) is 18.1 Å². The maximum Gasteiger partial charge on any atom is 0.310 e. The van der Waals surface area contributed by atoms with E-state index < -0.39 is 17.7 Å². The molecule has 35 heavy (non-hydrogen) atoms. The van der Waals surface area contributed by atoms with Crippen molar-refractivity contribution in [3.8, 4) is 11.5 Å². The second-order valence-electron chi connectivity index (χ2n) is 8.66. The highest BCUT2D eigenvalue weighted by atomic mass is 19.1. The number of ether oxygens (including phenoxy) is 2. The lowest BCUT2D eigenvalue weighted by atomic mass is 9.96. The number of amides is 1. The van der Waals surface area contributed by atoms with Crippen molar-refractivity contribution in [3.63, 3.8) is 0 Å². The molecule has 0 aromatic heterocycles. The summed E-state index contributed by atoms with van der Waals surface area (Å²) in [4.78, 5) is 26.6. The van der Waals surface area contributed by atoms with E-state index in [0.717, 1.165) is 23.6 Å². The van der Waals surface area contributed by atoms with E-state index in [2.05, 4.69) is 0 Å². The summed E-state index contributed by atoms with van der Waals surface area (Å²) in [7, 11) is 0. The molecule has 0 saturated carbocycles. The number of nitrogens with zero attached hydrogens (tertiary/aromatic N) is 1. The molecular formula is C28H30FNO5. The molecule has 184 valence electrons. The van der Waals surface area contributed by atoms with Gasteiger partial charge in [-0.3, -0.25) is 9.59 Å². The Hall–Kier alpha value is -3.61. The average Bonchev–Trinajstić information content (AvgIpc) is 3.18. The number of aliphatic carboxylic acids is 1. The first kappa shape index (κ1) is 24.5. The van der Waals surface area contributed by atoms with Gasteiger partial charge in [-0.15, -0.1) is 0 Å². The van der Waals surface area contributed by atoms with Crippen molar-refractivity contribution in [2.45, 2.75) is 52.5 Å². The van der Waals surface area contributed by atoms with Crippen molar-refractivity contribution in [1.82, 2.24) is 0 Å². The molecule has 1 unspecified atom stereocenters. The summed E-state index contributed by atoms with van der Waals surface area (Å²) in [5, 5.41) is 11.1. The van der Waals surface area contributed by atoms with E-state index in [9.17, 15) is 14.7 Å².